The molecule has 2 atom stereocenters. The summed E-state index contributed by atoms with van der Waals surface area (Å²) in [5, 5.41) is 14.7. The van der Waals surface area contributed by atoms with Crippen LogP contribution in [-0.2, 0) is 20.7 Å². The molecule has 0 fully saturated rings. The van der Waals surface area contributed by atoms with Crippen LogP contribution in [0.1, 0.15) is 36.0 Å². The first-order valence-corrected chi connectivity index (χ1v) is 11.7. The Hall–Kier alpha value is -4.13. The summed E-state index contributed by atoms with van der Waals surface area (Å²) in [4.78, 5) is 37.0. The summed E-state index contributed by atoms with van der Waals surface area (Å²) in [7, 11) is 0. The van der Waals surface area contributed by atoms with Crippen LogP contribution in [0.4, 0.5) is 4.79 Å². The van der Waals surface area contributed by atoms with E-state index in [4.69, 9.17) is 4.74 Å². The number of fused-ring (bicyclic) bond motifs is 3. The first-order chi connectivity index (χ1) is 17.0. The lowest BCUT2D eigenvalue weighted by atomic mass is 9.98. The second-order valence-corrected chi connectivity index (χ2v) is 8.52. The van der Waals surface area contributed by atoms with Crippen LogP contribution in [0, 0.1) is 0 Å². The highest BCUT2D eigenvalue weighted by Crippen LogP contribution is 2.44. The molecule has 0 heterocycles. The van der Waals surface area contributed by atoms with Crippen LogP contribution in [0.5, 0.6) is 0 Å². The Morgan fingerprint density at radius 3 is 1.97 bits per heavy atom. The molecule has 3 aromatic carbocycles. The molecular weight excluding hydrogens is 444 g/mol. The highest BCUT2D eigenvalue weighted by Gasteiger charge is 2.30. The number of benzene rings is 3. The van der Waals surface area contributed by atoms with E-state index in [0.717, 1.165) is 27.8 Å². The molecule has 0 bridgehead atoms. The van der Waals surface area contributed by atoms with E-state index in [1.165, 1.54) is 0 Å². The number of aliphatic carboxylic acids is 1. The maximum absolute atomic E-state index is 12.8. The number of carbonyl (C=O) groups is 3. The fourth-order valence-corrected chi connectivity index (χ4v) is 4.46. The van der Waals surface area contributed by atoms with Gasteiger partial charge in [-0.15, -0.1) is 0 Å². The number of carboxylic acids is 1. The Bertz CT molecular complexity index is 1170. The first kappa shape index (κ1) is 24.0. The van der Waals surface area contributed by atoms with Crippen LogP contribution in [0.3, 0.4) is 0 Å². The smallest absolute Gasteiger partial charge is 0.407 e. The molecule has 4 rings (SSSR count). The van der Waals surface area contributed by atoms with Crippen molar-refractivity contribution in [3.05, 3.63) is 95.6 Å². The normalized spacial score (nSPS) is 13.7. The van der Waals surface area contributed by atoms with E-state index in [9.17, 15) is 19.5 Å². The second kappa shape index (κ2) is 10.9. The summed E-state index contributed by atoms with van der Waals surface area (Å²) in [5.41, 5.74) is 5.23. The number of ether oxygens (including phenoxy) is 1. The molecule has 180 valence electrons. The molecule has 2 amide bonds. The van der Waals surface area contributed by atoms with E-state index in [1.807, 2.05) is 54.6 Å². The predicted octanol–water partition coefficient (Wildman–Crippen LogP) is 4.12. The van der Waals surface area contributed by atoms with Crippen LogP contribution >= 0.6 is 0 Å². The lowest BCUT2D eigenvalue weighted by Crippen LogP contribution is -2.52. The predicted molar refractivity (Wildman–Crippen MR) is 132 cm³/mol. The maximum Gasteiger partial charge on any atom is 0.407 e. The third kappa shape index (κ3) is 5.51. The van der Waals surface area contributed by atoms with Gasteiger partial charge in [0.1, 0.15) is 18.7 Å². The van der Waals surface area contributed by atoms with Crippen LogP contribution in [-0.4, -0.2) is 41.8 Å². The molecule has 0 spiro atoms. The molecule has 0 saturated heterocycles. The molecule has 0 aromatic heterocycles. The molecule has 1 aliphatic carbocycles. The third-order valence-electron chi connectivity index (χ3n) is 6.26. The summed E-state index contributed by atoms with van der Waals surface area (Å²) in [5.74, 6) is -1.80. The molecule has 35 heavy (non-hydrogen) atoms. The van der Waals surface area contributed by atoms with Gasteiger partial charge in [0.15, 0.2) is 0 Å². The number of nitrogens with one attached hydrogen (secondary N) is 2. The average Bonchev–Trinajstić information content (AvgIpc) is 3.19. The maximum atomic E-state index is 12.8. The zero-order valence-electron chi connectivity index (χ0n) is 19.4. The van der Waals surface area contributed by atoms with Crippen molar-refractivity contribution in [2.24, 2.45) is 0 Å². The summed E-state index contributed by atoms with van der Waals surface area (Å²) < 4.78 is 5.52. The van der Waals surface area contributed by atoms with Crippen LogP contribution in [0.2, 0.25) is 0 Å². The van der Waals surface area contributed by atoms with E-state index in [2.05, 4.69) is 22.8 Å². The van der Waals surface area contributed by atoms with Gasteiger partial charge < -0.3 is 20.5 Å². The lowest BCUT2D eigenvalue weighted by Gasteiger charge is -2.21. The average molecular weight is 473 g/mol. The number of hydrogen-bond acceptors (Lipinski definition) is 4. The Morgan fingerprint density at radius 2 is 1.40 bits per heavy atom. The number of rotatable bonds is 9. The number of carbonyl (C=O) groups excluding carboxylic acids is 2. The zero-order valence-corrected chi connectivity index (χ0v) is 19.4. The Labute approximate surface area is 204 Å². The van der Waals surface area contributed by atoms with E-state index >= 15 is 0 Å². The van der Waals surface area contributed by atoms with Crippen molar-refractivity contribution in [1.29, 1.82) is 0 Å². The second-order valence-electron chi connectivity index (χ2n) is 8.52. The molecule has 7 nitrogen and oxygen atoms in total. The van der Waals surface area contributed by atoms with E-state index < -0.39 is 30.1 Å². The molecule has 1 aliphatic rings. The molecule has 7 heteroatoms. The van der Waals surface area contributed by atoms with Gasteiger partial charge in [-0.25, -0.2) is 9.59 Å². The van der Waals surface area contributed by atoms with Gasteiger partial charge in [0.2, 0.25) is 5.91 Å². The Kier molecular flexibility index (Phi) is 7.45. The summed E-state index contributed by atoms with van der Waals surface area (Å²) >= 11 is 0. The van der Waals surface area contributed by atoms with E-state index in [-0.39, 0.29) is 25.4 Å². The van der Waals surface area contributed by atoms with E-state index in [0.29, 0.717) is 0 Å². The number of carboxylic acid groups (broad SMARTS) is 1. The lowest BCUT2D eigenvalue weighted by molar-refractivity contribution is -0.142. The fraction of sp³-hybridized carbons (Fsp3) is 0.250. The van der Waals surface area contributed by atoms with Crippen molar-refractivity contribution < 1.29 is 24.2 Å². The van der Waals surface area contributed by atoms with Crippen molar-refractivity contribution in [3.8, 4) is 11.1 Å². The van der Waals surface area contributed by atoms with Gasteiger partial charge in [0.05, 0.1) is 0 Å². The van der Waals surface area contributed by atoms with Gasteiger partial charge >= 0.3 is 12.1 Å². The van der Waals surface area contributed by atoms with E-state index in [1.54, 1.807) is 19.1 Å². The topological polar surface area (TPSA) is 105 Å². The summed E-state index contributed by atoms with van der Waals surface area (Å²) in [6.45, 7) is 1.87. The van der Waals surface area contributed by atoms with Crippen molar-refractivity contribution in [3.63, 3.8) is 0 Å². The van der Waals surface area contributed by atoms with Crippen molar-refractivity contribution in [2.45, 2.75) is 37.8 Å². The van der Waals surface area contributed by atoms with Gasteiger partial charge in [-0.05, 0) is 34.2 Å². The minimum Gasteiger partial charge on any atom is -0.480 e. The molecule has 0 aliphatic heterocycles. The number of hydrogen-bond donors (Lipinski definition) is 3. The van der Waals surface area contributed by atoms with Gasteiger partial charge in [-0.1, -0.05) is 85.8 Å². The van der Waals surface area contributed by atoms with Crippen LogP contribution in [0.15, 0.2) is 78.9 Å². The number of alkyl carbamates (subject to hydrolysis) is 1. The molecule has 3 N–H and O–H groups in total. The summed E-state index contributed by atoms with van der Waals surface area (Å²) in [6, 6.07) is 23.1. The Balaban J connectivity index is 1.36. The third-order valence-corrected chi connectivity index (χ3v) is 6.26. The van der Waals surface area contributed by atoms with Gasteiger partial charge in [0.25, 0.3) is 0 Å². The highest BCUT2D eigenvalue weighted by molar-refractivity contribution is 5.89. The SMILES string of the molecule is CCC(NC(=O)OCC1c2ccccc2-c2ccccc21)C(=O)NC(Cc1ccccc1)C(=O)O. The minimum absolute atomic E-state index is 0.0932. The molecule has 3 aromatic rings. The van der Waals surface area contributed by atoms with Crippen LogP contribution < -0.4 is 10.6 Å². The van der Waals surface area contributed by atoms with Crippen molar-refractivity contribution in [2.75, 3.05) is 6.61 Å². The molecule has 0 radical (unpaired) electrons. The summed E-state index contributed by atoms with van der Waals surface area (Å²) in [6.07, 6.45) is -0.291. The van der Waals surface area contributed by atoms with Gasteiger partial charge in [-0.3, -0.25) is 4.79 Å². The van der Waals surface area contributed by atoms with Gasteiger partial charge in [-0.2, -0.15) is 0 Å². The fourth-order valence-electron chi connectivity index (χ4n) is 4.46. The van der Waals surface area contributed by atoms with Crippen molar-refractivity contribution >= 4 is 18.0 Å². The molecule has 2 unspecified atom stereocenters. The monoisotopic (exact) mass is 472 g/mol. The quantitative estimate of drug-likeness (QED) is 0.435. The largest absolute Gasteiger partial charge is 0.480 e. The highest BCUT2D eigenvalue weighted by atomic mass is 16.5. The van der Waals surface area contributed by atoms with Crippen LogP contribution in [0.25, 0.3) is 11.1 Å². The zero-order chi connectivity index (χ0) is 24.8. The van der Waals surface area contributed by atoms with Gasteiger partial charge in [0, 0.05) is 12.3 Å². The standard InChI is InChI=1S/C28H28N2O5/c1-2-24(26(31)29-25(27(32)33)16-18-10-4-3-5-11-18)30-28(34)35-17-23-21-14-8-6-12-19(21)20-13-7-9-15-22(20)23/h3-15,23-25H,2,16-17H2,1H3,(H,29,31)(H,30,34)(H,32,33). The minimum atomic E-state index is -1.14. The molecule has 0 saturated carbocycles. The Morgan fingerprint density at radius 1 is 0.829 bits per heavy atom. The number of amides is 2. The first-order valence-electron chi connectivity index (χ1n) is 11.7. The molecular formula is C28H28N2O5. The van der Waals surface area contributed by atoms with Crippen molar-refractivity contribution in [1.82, 2.24) is 10.6 Å².